The van der Waals surface area contributed by atoms with Crippen molar-refractivity contribution < 1.29 is 4.74 Å². The lowest BCUT2D eigenvalue weighted by molar-refractivity contribution is 0.125. The van der Waals surface area contributed by atoms with E-state index in [1.165, 1.54) is 65.5 Å². The van der Waals surface area contributed by atoms with Crippen LogP contribution in [0.3, 0.4) is 0 Å². The van der Waals surface area contributed by atoms with Gasteiger partial charge in [-0.25, -0.2) is 0 Å². The predicted molar refractivity (Wildman–Crippen MR) is 141 cm³/mol. The minimum Gasteiger partial charge on any atom is -0.376 e. The number of hydrogen-bond donors (Lipinski definition) is 0. The van der Waals surface area contributed by atoms with Crippen molar-refractivity contribution in [2.75, 3.05) is 6.61 Å². The molecular weight excluding hydrogens is 400 g/mol. The summed E-state index contributed by atoms with van der Waals surface area (Å²) >= 11 is 0. The highest BCUT2D eigenvalue weighted by molar-refractivity contribution is 5.70. The topological polar surface area (TPSA) is 9.23 Å². The zero-order valence-electron chi connectivity index (χ0n) is 19.7. The SMILES string of the molecule is C=CCCOCc1ccc(-c2ccc(-c3ccc([C@H]4CC[C@H](CC=C)CC4)cc3)cc2)cc1. The Morgan fingerprint density at radius 3 is 1.70 bits per heavy atom. The summed E-state index contributed by atoms with van der Waals surface area (Å²) in [6.45, 7) is 9.01. The van der Waals surface area contributed by atoms with Crippen LogP contribution >= 0.6 is 0 Å². The van der Waals surface area contributed by atoms with Gasteiger partial charge in [0.1, 0.15) is 0 Å². The Morgan fingerprint density at radius 2 is 1.18 bits per heavy atom. The summed E-state index contributed by atoms with van der Waals surface area (Å²) in [5, 5.41) is 0. The first kappa shape index (κ1) is 23.3. The normalized spacial score (nSPS) is 18.1. The monoisotopic (exact) mass is 436 g/mol. The van der Waals surface area contributed by atoms with Crippen LogP contribution in [-0.2, 0) is 11.3 Å². The standard InChI is InChI=1S/C32H36O/c1-3-5-23-33-24-26-9-13-28(14-10-26)30-17-21-32(22-18-30)31-19-15-29(16-20-31)27-11-7-25(6-4-2)8-12-27/h3-4,9-10,13-22,25,27H,1-2,5-8,11-12,23-24H2/t25-,27-. The van der Waals surface area contributed by atoms with Crippen molar-refractivity contribution in [3.05, 3.63) is 109 Å². The lowest BCUT2D eigenvalue weighted by Crippen LogP contribution is -2.12. The van der Waals surface area contributed by atoms with Gasteiger partial charge in [-0.15, -0.1) is 13.2 Å². The minimum absolute atomic E-state index is 0.652. The van der Waals surface area contributed by atoms with Gasteiger partial charge in [-0.05, 0) is 83.7 Å². The summed E-state index contributed by atoms with van der Waals surface area (Å²) < 4.78 is 5.66. The van der Waals surface area contributed by atoms with Gasteiger partial charge in [0, 0.05) is 0 Å². The highest BCUT2D eigenvalue weighted by Crippen LogP contribution is 2.37. The summed E-state index contributed by atoms with van der Waals surface area (Å²) in [4.78, 5) is 0. The molecule has 1 heteroatoms. The predicted octanol–water partition coefficient (Wildman–Crippen LogP) is 8.96. The molecule has 0 aliphatic heterocycles. The lowest BCUT2D eigenvalue weighted by atomic mass is 9.77. The number of benzene rings is 3. The fraction of sp³-hybridized carbons (Fsp3) is 0.312. The van der Waals surface area contributed by atoms with Crippen LogP contribution in [0.25, 0.3) is 22.3 Å². The van der Waals surface area contributed by atoms with Crippen molar-refractivity contribution in [1.82, 2.24) is 0 Å². The van der Waals surface area contributed by atoms with Gasteiger partial charge in [-0.2, -0.15) is 0 Å². The van der Waals surface area contributed by atoms with E-state index in [1.807, 2.05) is 6.08 Å². The first-order chi connectivity index (χ1) is 16.3. The molecule has 1 aliphatic carbocycles. The molecule has 1 aliphatic rings. The largest absolute Gasteiger partial charge is 0.376 e. The third-order valence-corrected chi connectivity index (χ3v) is 6.97. The van der Waals surface area contributed by atoms with Crippen LogP contribution in [0.15, 0.2) is 98.1 Å². The van der Waals surface area contributed by atoms with Crippen LogP contribution in [-0.4, -0.2) is 6.61 Å². The van der Waals surface area contributed by atoms with Gasteiger partial charge in [0.25, 0.3) is 0 Å². The van der Waals surface area contributed by atoms with E-state index in [2.05, 4.69) is 92.0 Å². The molecule has 0 spiro atoms. The molecule has 0 atom stereocenters. The molecule has 0 amide bonds. The van der Waals surface area contributed by atoms with Crippen LogP contribution < -0.4 is 0 Å². The van der Waals surface area contributed by atoms with Crippen molar-refractivity contribution in [1.29, 1.82) is 0 Å². The lowest BCUT2D eigenvalue weighted by Gasteiger charge is -2.28. The molecule has 0 N–H and O–H groups in total. The van der Waals surface area contributed by atoms with Crippen molar-refractivity contribution in [2.45, 2.75) is 51.0 Å². The van der Waals surface area contributed by atoms with Crippen LogP contribution in [0.5, 0.6) is 0 Å². The Morgan fingerprint density at radius 1 is 0.667 bits per heavy atom. The molecule has 4 rings (SSSR count). The Bertz CT molecular complexity index is 1000. The van der Waals surface area contributed by atoms with Gasteiger partial charge in [0.2, 0.25) is 0 Å². The molecule has 1 fully saturated rings. The van der Waals surface area contributed by atoms with E-state index in [1.54, 1.807) is 0 Å². The molecule has 0 aromatic heterocycles. The Balaban J connectivity index is 1.35. The Hall–Kier alpha value is -2.90. The summed E-state index contributed by atoms with van der Waals surface area (Å²) in [6.07, 6.45) is 11.3. The van der Waals surface area contributed by atoms with E-state index < -0.39 is 0 Å². The van der Waals surface area contributed by atoms with Crippen molar-refractivity contribution in [2.24, 2.45) is 5.92 Å². The van der Waals surface area contributed by atoms with Gasteiger partial charge in [0.15, 0.2) is 0 Å². The van der Waals surface area contributed by atoms with Crippen LogP contribution in [0, 0.1) is 5.92 Å². The van der Waals surface area contributed by atoms with Gasteiger partial charge >= 0.3 is 0 Å². The maximum atomic E-state index is 5.66. The van der Waals surface area contributed by atoms with Crippen LogP contribution in [0.1, 0.15) is 55.6 Å². The minimum atomic E-state index is 0.652. The molecule has 1 saturated carbocycles. The second-order valence-corrected chi connectivity index (χ2v) is 9.27. The third-order valence-electron chi connectivity index (χ3n) is 6.97. The second-order valence-electron chi connectivity index (χ2n) is 9.27. The summed E-state index contributed by atoms with van der Waals surface area (Å²) in [7, 11) is 0. The molecule has 3 aromatic carbocycles. The van der Waals surface area contributed by atoms with E-state index in [9.17, 15) is 0 Å². The number of rotatable bonds is 10. The number of allylic oxidation sites excluding steroid dienone is 1. The molecule has 33 heavy (non-hydrogen) atoms. The zero-order chi connectivity index (χ0) is 22.9. The average molecular weight is 437 g/mol. The Labute approximate surface area is 199 Å². The fourth-order valence-corrected chi connectivity index (χ4v) is 4.92. The first-order valence-electron chi connectivity index (χ1n) is 12.4. The molecule has 0 bridgehead atoms. The van der Waals surface area contributed by atoms with Crippen molar-refractivity contribution in [3.8, 4) is 22.3 Å². The molecule has 0 unspecified atom stereocenters. The van der Waals surface area contributed by atoms with E-state index in [4.69, 9.17) is 4.74 Å². The maximum absolute atomic E-state index is 5.66. The zero-order valence-corrected chi connectivity index (χ0v) is 19.7. The number of ether oxygens (including phenoxy) is 1. The average Bonchev–Trinajstić information content (AvgIpc) is 2.88. The van der Waals surface area contributed by atoms with Crippen LogP contribution in [0.4, 0.5) is 0 Å². The van der Waals surface area contributed by atoms with E-state index in [-0.39, 0.29) is 0 Å². The Kier molecular flexibility index (Phi) is 8.33. The summed E-state index contributed by atoms with van der Waals surface area (Å²) in [5.41, 5.74) is 7.74. The van der Waals surface area contributed by atoms with Crippen molar-refractivity contribution >= 4 is 0 Å². The van der Waals surface area contributed by atoms with Crippen LogP contribution in [0.2, 0.25) is 0 Å². The van der Waals surface area contributed by atoms with Gasteiger partial charge < -0.3 is 4.74 Å². The van der Waals surface area contributed by atoms with Crippen molar-refractivity contribution in [3.63, 3.8) is 0 Å². The molecular formula is C32H36O. The van der Waals surface area contributed by atoms with E-state index >= 15 is 0 Å². The van der Waals surface area contributed by atoms with Gasteiger partial charge in [-0.3, -0.25) is 0 Å². The third kappa shape index (κ3) is 6.33. The number of hydrogen-bond acceptors (Lipinski definition) is 1. The maximum Gasteiger partial charge on any atom is 0.0717 e. The molecule has 0 saturated heterocycles. The molecule has 170 valence electrons. The van der Waals surface area contributed by atoms with E-state index in [0.717, 1.165) is 24.9 Å². The first-order valence-corrected chi connectivity index (χ1v) is 12.4. The van der Waals surface area contributed by atoms with E-state index in [0.29, 0.717) is 6.61 Å². The van der Waals surface area contributed by atoms with Gasteiger partial charge in [0.05, 0.1) is 13.2 Å². The summed E-state index contributed by atoms with van der Waals surface area (Å²) in [6, 6.07) is 26.9. The van der Waals surface area contributed by atoms with Gasteiger partial charge in [-0.1, -0.05) is 84.9 Å². The fourth-order valence-electron chi connectivity index (χ4n) is 4.92. The second kappa shape index (κ2) is 11.8. The molecule has 0 radical (unpaired) electrons. The quantitative estimate of drug-likeness (QED) is 0.228. The molecule has 0 heterocycles. The summed E-state index contributed by atoms with van der Waals surface area (Å²) in [5.74, 6) is 1.57. The molecule has 3 aromatic rings. The molecule has 1 nitrogen and oxygen atoms in total. The highest BCUT2D eigenvalue weighted by Gasteiger charge is 2.21. The smallest absolute Gasteiger partial charge is 0.0717 e. The highest BCUT2D eigenvalue weighted by atomic mass is 16.5.